The maximum Gasteiger partial charge on any atom is 0.238 e. The Morgan fingerprint density at radius 2 is 2.17 bits per heavy atom. The number of sulfonamides is 1. The molecule has 1 aromatic rings. The van der Waals surface area contributed by atoms with Crippen LogP contribution in [-0.2, 0) is 16.4 Å². The predicted molar refractivity (Wildman–Crippen MR) is 67.0 cm³/mol. The molecule has 1 aromatic carbocycles. The van der Waals surface area contributed by atoms with Gasteiger partial charge in [-0.15, -0.1) is 0 Å². The Morgan fingerprint density at radius 1 is 1.50 bits per heavy atom. The van der Waals surface area contributed by atoms with Crippen LogP contribution in [0.5, 0.6) is 0 Å². The van der Waals surface area contributed by atoms with Crippen LogP contribution in [0.2, 0.25) is 0 Å². The molecule has 3 N–H and O–H groups in total. The third-order valence-electron chi connectivity index (χ3n) is 3.35. The number of nitrogens with one attached hydrogen (secondary N) is 1. The lowest BCUT2D eigenvalue weighted by Crippen LogP contribution is -2.30. The van der Waals surface area contributed by atoms with Gasteiger partial charge in [-0.2, -0.15) is 0 Å². The van der Waals surface area contributed by atoms with Crippen molar-refractivity contribution in [3.8, 4) is 0 Å². The Morgan fingerprint density at radius 3 is 2.61 bits per heavy atom. The summed E-state index contributed by atoms with van der Waals surface area (Å²) in [5.41, 5.74) is 0.522. The first-order chi connectivity index (χ1) is 8.41. The van der Waals surface area contributed by atoms with E-state index in [1.54, 1.807) is 0 Å². The van der Waals surface area contributed by atoms with Crippen molar-refractivity contribution in [3.05, 3.63) is 29.6 Å². The van der Waals surface area contributed by atoms with Crippen LogP contribution in [0.1, 0.15) is 18.4 Å². The van der Waals surface area contributed by atoms with Crippen molar-refractivity contribution in [1.29, 1.82) is 0 Å². The molecule has 1 unspecified atom stereocenters. The number of halogens is 1. The summed E-state index contributed by atoms with van der Waals surface area (Å²) < 4.78 is 36.0. The summed E-state index contributed by atoms with van der Waals surface area (Å²) in [5.74, 6) is 0.0924. The summed E-state index contributed by atoms with van der Waals surface area (Å²) in [5, 5.41) is 8.13. The van der Waals surface area contributed by atoms with E-state index in [-0.39, 0.29) is 10.9 Å². The molecule has 2 rings (SSSR count). The van der Waals surface area contributed by atoms with Crippen LogP contribution in [0.3, 0.4) is 0 Å². The van der Waals surface area contributed by atoms with Gasteiger partial charge < -0.3 is 5.32 Å². The summed E-state index contributed by atoms with van der Waals surface area (Å²) >= 11 is 0. The number of nitrogens with two attached hydrogens (primary N) is 1. The van der Waals surface area contributed by atoms with Gasteiger partial charge in [0.2, 0.25) is 10.0 Å². The zero-order valence-corrected chi connectivity index (χ0v) is 11.0. The number of benzene rings is 1. The second-order valence-electron chi connectivity index (χ2n) is 4.73. The zero-order valence-electron chi connectivity index (χ0n) is 10.2. The highest BCUT2D eigenvalue weighted by Crippen LogP contribution is 2.34. The SMILES string of the molecule is CNC(Cc1ccc(S(N)(=O)=O)cc1F)C1CC1. The Balaban J connectivity index is 2.19. The largest absolute Gasteiger partial charge is 0.316 e. The van der Waals surface area contributed by atoms with E-state index in [0.29, 0.717) is 17.9 Å². The highest BCUT2D eigenvalue weighted by Gasteiger charge is 2.30. The molecule has 0 aliphatic heterocycles. The summed E-state index contributed by atoms with van der Waals surface area (Å²) in [6.45, 7) is 0. The fourth-order valence-corrected chi connectivity index (χ4v) is 2.64. The lowest BCUT2D eigenvalue weighted by Gasteiger charge is -2.15. The number of hydrogen-bond acceptors (Lipinski definition) is 3. The molecular weight excluding hydrogens is 255 g/mol. The fraction of sp³-hybridized carbons (Fsp3) is 0.500. The van der Waals surface area contributed by atoms with Crippen molar-refractivity contribution >= 4 is 10.0 Å². The zero-order chi connectivity index (χ0) is 13.3. The lowest BCUT2D eigenvalue weighted by molar-refractivity contribution is 0.486. The van der Waals surface area contributed by atoms with E-state index >= 15 is 0 Å². The minimum absolute atomic E-state index is 0.184. The highest BCUT2D eigenvalue weighted by molar-refractivity contribution is 7.89. The van der Waals surface area contributed by atoms with Crippen LogP contribution in [0.4, 0.5) is 4.39 Å². The van der Waals surface area contributed by atoms with Gasteiger partial charge in [0.05, 0.1) is 4.90 Å². The molecule has 1 fully saturated rings. The minimum atomic E-state index is -3.84. The first-order valence-corrected chi connectivity index (χ1v) is 7.45. The van der Waals surface area contributed by atoms with Crippen LogP contribution in [-0.4, -0.2) is 21.5 Å². The van der Waals surface area contributed by atoms with Gasteiger partial charge in [0.25, 0.3) is 0 Å². The van der Waals surface area contributed by atoms with Gasteiger partial charge in [-0.3, -0.25) is 0 Å². The normalized spacial score (nSPS) is 17.7. The topological polar surface area (TPSA) is 72.2 Å². The Hall–Kier alpha value is -0.980. The lowest BCUT2D eigenvalue weighted by atomic mass is 10.0. The van der Waals surface area contributed by atoms with Gasteiger partial charge in [-0.05, 0) is 49.9 Å². The van der Waals surface area contributed by atoms with Crippen molar-refractivity contribution in [2.75, 3.05) is 7.05 Å². The van der Waals surface area contributed by atoms with Crippen LogP contribution < -0.4 is 10.5 Å². The highest BCUT2D eigenvalue weighted by atomic mass is 32.2. The maximum absolute atomic E-state index is 13.8. The maximum atomic E-state index is 13.8. The molecule has 0 aromatic heterocycles. The number of hydrogen-bond donors (Lipinski definition) is 2. The van der Waals surface area contributed by atoms with Crippen molar-refractivity contribution < 1.29 is 12.8 Å². The van der Waals surface area contributed by atoms with Crippen molar-refractivity contribution in [1.82, 2.24) is 5.32 Å². The van der Waals surface area contributed by atoms with Gasteiger partial charge in [0.1, 0.15) is 5.82 Å². The third-order valence-corrected chi connectivity index (χ3v) is 4.27. The Labute approximate surface area is 106 Å². The van der Waals surface area contributed by atoms with Gasteiger partial charge in [0, 0.05) is 6.04 Å². The molecule has 1 saturated carbocycles. The molecule has 6 heteroatoms. The molecule has 100 valence electrons. The van der Waals surface area contributed by atoms with E-state index in [2.05, 4.69) is 5.32 Å². The molecule has 4 nitrogen and oxygen atoms in total. The Bertz CT molecular complexity index is 541. The number of likely N-dealkylation sites (N-methyl/N-ethyl adjacent to an activating group) is 1. The second kappa shape index (κ2) is 4.95. The van der Waals surface area contributed by atoms with Gasteiger partial charge in [0.15, 0.2) is 0 Å². The van der Waals surface area contributed by atoms with E-state index in [9.17, 15) is 12.8 Å². The van der Waals surface area contributed by atoms with E-state index < -0.39 is 15.8 Å². The molecule has 18 heavy (non-hydrogen) atoms. The molecule has 0 saturated heterocycles. The van der Waals surface area contributed by atoms with Crippen LogP contribution >= 0.6 is 0 Å². The predicted octanol–water partition coefficient (Wildman–Crippen LogP) is 1.01. The van der Waals surface area contributed by atoms with Crippen LogP contribution in [0.25, 0.3) is 0 Å². The molecule has 0 amide bonds. The first-order valence-electron chi connectivity index (χ1n) is 5.90. The third kappa shape index (κ3) is 3.07. The van der Waals surface area contributed by atoms with Crippen LogP contribution in [0.15, 0.2) is 23.1 Å². The van der Waals surface area contributed by atoms with Crippen LogP contribution in [0, 0.1) is 11.7 Å². The first kappa shape index (κ1) is 13.5. The molecule has 0 radical (unpaired) electrons. The molecular formula is C12H17FN2O2S. The molecule has 1 aliphatic rings. The average molecular weight is 272 g/mol. The molecule has 0 heterocycles. The second-order valence-corrected chi connectivity index (χ2v) is 6.30. The van der Waals surface area contributed by atoms with E-state index in [1.807, 2.05) is 7.05 Å². The average Bonchev–Trinajstić information content (AvgIpc) is 3.10. The standard InChI is InChI=1S/C12H17FN2O2S/c1-15-12(8-2-3-8)6-9-4-5-10(7-11(9)13)18(14,16)17/h4-5,7-8,12,15H,2-3,6H2,1H3,(H2,14,16,17). The monoisotopic (exact) mass is 272 g/mol. The van der Waals surface area contributed by atoms with Gasteiger partial charge >= 0.3 is 0 Å². The van der Waals surface area contributed by atoms with E-state index in [0.717, 1.165) is 6.07 Å². The smallest absolute Gasteiger partial charge is 0.238 e. The summed E-state index contributed by atoms with van der Waals surface area (Å²) in [7, 11) is -1.98. The van der Waals surface area contributed by atoms with Gasteiger partial charge in [-0.1, -0.05) is 6.07 Å². The minimum Gasteiger partial charge on any atom is -0.316 e. The fourth-order valence-electron chi connectivity index (χ4n) is 2.11. The quantitative estimate of drug-likeness (QED) is 0.840. The molecule has 0 bridgehead atoms. The summed E-state index contributed by atoms with van der Waals surface area (Å²) in [6.07, 6.45) is 2.91. The van der Waals surface area contributed by atoms with Crippen molar-refractivity contribution in [3.63, 3.8) is 0 Å². The molecule has 1 atom stereocenters. The van der Waals surface area contributed by atoms with Gasteiger partial charge in [-0.25, -0.2) is 17.9 Å². The molecule has 0 spiro atoms. The number of rotatable bonds is 5. The van der Waals surface area contributed by atoms with Crippen molar-refractivity contribution in [2.24, 2.45) is 11.1 Å². The molecule has 1 aliphatic carbocycles. The number of primary sulfonamides is 1. The van der Waals surface area contributed by atoms with E-state index in [4.69, 9.17) is 5.14 Å². The van der Waals surface area contributed by atoms with Crippen molar-refractivity contribution in [2.45, 2.75) is 30.2 Å². The van der Waals surface area contributed by atoms with E-state index in [1.165, 1.54) is 25.0 Å². The Kier molecular flexibility index (Phi) is 3.70. The summed E-state index contributed by atoms with van der Waals surface area (Å²) in [4.78, 5) is -0.184. The summed E-state index contributed by atoms with van der Waals surface area (Å²) in [6, 6.07) is 4.10.